The van der Waals surface area contributed by atoms with E-state index in [0.29, 0.717) is 5.78 Å². The van der Waals surface area contributed by atoms with E-state index in [9.17, 15) is 4.79 Å². The molecule has 23 heavy (non-hydrogen) atoms. The van der Waals surface area contributed by atoms with Crippen LogP contribution >= 0.6 is 0 Å². The summed E-state index contributed by atoms with van der Waals surface area (Å²) in [5.41, 5.74) is 4.95. The predicted octanol–water partition coefficient (Wildman–Crippen LogP) is 4.31. The fourth-order valence-corrected chi connectivity index (χ4v) is 4.47. The minimum Gasteiger partial charge on any atom is -0.381 e. The Hall–Kier alpha value is -1.59. The van der Waals surface area contributed by atoms with Crippen molar-refractivity contribution in [1.29, 1.82) is 0 Å². The van der Waals surface area contributed by atoms with Gasteiger partial charge in [-0.3, -0.25) is 4.79 Å². The number of rotatable bonds is 1. The van der Waals surface area contributed by atoms with E-state index in [4.69, 9.17) is 4.74 Å². The third-order valence-electron chi connectivity index (χ3n) is 5.67. The Morgan fingerprint density at radius 2 is 1.78 bits per heavy atom. The molecule has 0 N–H and O–H groups in total. The van der Waals surface area contributed by atoms with Crippen molar-refractivity contribution in [3.63, 3.8) is 0 Å². The second-order valence-electron chi connectivity index (χ2n) is 7.25. The topological polar surface area (TPSA) is 26.3 Å². The van der Waals surface area contributed by atoms with Crippen LogP contribution in [0.3, 0.4) is 0 Å². The van der Waals surface area contributed by atoms with E-state index in [0.717, 1.165) is 50.9 Å². The molecule has 1 saturated carbocycles. The maximum absolute atomic E-state index is 12.9. The Kier molecular flexibility index (Phi) is 4.60. The van der Waals surface area contributed by atoms with Gasteiger partial charge < -0.3 is 4.74 Å². The van der Waals surface area contributed by atoms with Gasteiger partial charge in [-0.05, 0) is 80.7 Å². The number of Topliss-reactive ketones (excluding diaryl/α,β-unsaturated/α-hetero) is 1. The van der Waals surface area contributed by atoms with Crippen LogP contribution in [0.15, 0.2) is 12.1 Å². The maximum atomic E-state index is 12.9. The maximum Gasteiger partial charge on any atom is 0.140 e. The van der Waals surface area contributed by atoms with Gasteiger partial charge in [-0.2, -0.15) is 0 Å². The Balaban J connectivity index is 1.85. The Bertz CT molecular complexity index is 646. The highest BCUT2D eigenvalue weighted by atomic mass is 16.5. The van der Waals surface area contributed by atoms with Crippen molar-refractivity contribution in [3.8, 4) is 11.8 Å². The number of carbonyl (C=O) groups is 1. The number of hydrogen-bond acceptors (Lipinski definition) is 2. The minimum atomic E-state index is 0.0760. The third kappa shape index (κ3) is 3.21. The van der Waals surface area contributed by atoms with Gasteiger partial charge >= 0.3 is 0 Å². The van der Waals surface area contributed by atoms with Crippen LogP contribution < -0.4 is 0 Å². The van der Waals surface area contributed by atoms with Crippen molar-refractivity contribution in [2.24, 2.45) is 5.41 Å². The molecule has 3 rings (SSSR count). The fraction of sp³-hybridized carbons (Fsp3) is 0.571. The van der Waals surface area contributed by atoms with E-state index in [2.05, 4.69) is 37.8 Å². The number of hydrogen-bond donors (Lipinski definition) is 0. The zero-order chi connectivity index (χ0) is 16.4. The first-order valence-electron chi connectivity index (χ1n) is 8.69. The minimum absolute atomic E-state index is 0.0760. The van der Waals surface area contributed by atoms with E-state index in [1.54, 1.807) is 0 Å². The van der Waals surface area contributed by atoms with Gasteiger partial charge in [-0.1, -0.05) is 5.92 Å². The summed E-state index contributed by atoms with van der Waals surface area (Å²) >= 11 is 0. The van der Waals surface area contributed by atoms with Crippen molar-refractivity contribution >= 4 is 5.78 Å². The van der Waals surface area contributed by atoms with E-state index in [-0.39, 0.29) is 11.3 Å². The molecule has 122 valence electrons. The van der Waals surface area contributed by atoms with Gasteiger partial charge in [0, 0.05) is 31.1 Å². The van der Waals surface area contributed by atoms with Crippen LogP contribution in [0.4, 0.5) is 0 Å². The predicted molar refractivity (Wildman–Crippen MR) is 92.6 cm³/mol. The standard InChI is InChI=1S/C21H26O2/c1-4-5-17-12-15(2)20(16(3)13-17)18-6-7-21(14-19(18)22)8-10-23-11-9-21/h12-13,18H,6-11,14H2,1-3H3. The molecule has 0 bridgehead atoms. The molecule has 1 aromatic carbocycles. The first-order valence-corrected chi connectivity index (χ1v) is 8.69. The normalized spacial score (nSPS) is 23.4. The number of aryl methyl sites for hydroxylation is 2. The van der Waals surface area contributed by atoms with Crippen LogP contribution in [0.2, 0.25) is 0 Å². The molecule has 1 saturated heterocycles. The zero-order valence-corrected chi connectivity index (χ0v) is 14.5. The molecule has 1 aromatic rings. The summed E-state index contributed by atoms with van der Waals surface area (Å²) < 4.78 is 5.49. The molecule has 0 amide bonds. The monoisotopic (exact) mass is 310 g/mol. The van der Waals surface area contributed by atoms with Gasteiger partial charge in [-0.25, -0.2) is 0 Å². The number of ketones is 1. The zero-order valence-electron chi connectivity index (χ0n) is 14.5. The number of benzene rings is 1. The number of ether oxygens (including phenoxy) is 1. The lowest BCUT2D eigenvalue weighted by Crippen LogP contribution is -2.38. The summed E-state index contributed by atoms with van der Waals surface area (Å²) in [7, 11) is 0. The van der Waals surface area contributed by atoms with Gasteiger partial charge in [0.25, 0.3) is 0 Å². The molecule has 2 heteroatoms. The summed E-state index contributed by atoms with van der Waals surface area (Å²) in [6.07, 6.45) is 4.97. The van der Waals surface area contributed by atoms with Crippen molar-refractivity contribution in [3.05, 3.63) is 34.4 Å². The van der Waals surface area contributed by atoms with Crippen molar-refractivity contribution in [2.45, 2.75) is 58.8 Å². The fourth-order valence-electron chi connectivity index (χ4n) is 4.47. The van der Waals surface area contributed by atoms with Gasteiger partial charge in [0.2, 0.25) is 0 Å². The lowest BCUT2D eigenvalue weighted by molar-refractivity contribution is -0.128. The first kappa shape index (κ1) is 16.3. The second kappa shape index (κ2) is 6.49. The lowest BCUT2D eigenvalue weighted by Gasteiger charge is -2.42. The van der Waals surface area contributed by atoms with E-state index < -0.39 is 0 Å². The van der Waals surface area contributed by atoms with Crippen LogP contribution in [-0.4, -0.2) is 19.0 Å². The molecule has 1 aliphatic heterocycles. The highest BCUT2D eigenvalue weighted by Crippen LogP contribution is 2.47. The molecule has 2 nitrogen and oxygen atoms in total. The van der Waals surface area contributed by atoms with Crippen LogP contribution in [0.1, 0.15) is 67.2 Å². The third-order valence-corrected chi connectivity index (χ3v) is 5.67. The van der Waals surface area contributed by atoms with E-state index in [1.165, 1.54) is 16.7 Å². The van der Waals surface area contributed by atoms with Gasteiger partial charge in [0.05, 0.1) is 0 Å². The molecule has 2 fully saturated rings. The molecule has 1 heterocycles. The molecule has 1 aliphatic carbocycles. The molecule has 2 aliphatic rings. The molecular formula is C21H26O2. The average Bonchev–Trinajstić information content (AvgIpc) is 2.50. The lowest BCUT2D eigenvalue weighted by atomic mass is 9.64. The smallest absolute Gasteiger partial charge is 0.140 e. The van der Waals surface area contributed by atoms with Gasteiger partial charge in [0.1, 0.15) is 5.78 Å². The summed E-state index contributed by atoms with van der Waals surface area (Å²) in [5.74, 6) is 6.59. The van der Waals surface area contributed by atoms with E-state index in [1.807, 2.05) is 6.92 Å². The summed E-state index contributed by atoms with van der Waals surface area (Å²) in [4.78, 5) is 12.9. The van der Waals surface area contributed by atoms with Gasteiger partial charge in [0.15, 0.2) is 0 Å². The summed E-state index contributed by atoms with van der Waals surface area (Å²) in [6.45, 7) is 7.74. The van der Waals surface area contributed by atoms with Crippen LogP contribution in [-0.2, 0) is 9.53 Å². The molecule has 1 spiro atoms. The number of carbonyl (C=O) groups excluding carboxylic acids is 1. The van der Waals surface area contributed by atoms with Crippen LogP contribution in [0, 0.1) is 31.1 Å². The quantitative estimate of drug-likeness (QED) is 0.723. The second-order valence-corrected chi connectivity index (χ2v) is 7.25. The van der Waals surface area contributed by atoms with Crippen molar-refractivity contribution < 1.29 is 9.53 Å². The van der Waals surface area contributed by atoms with Crippen LogP contribution in [0.5, 0.6) is 0 Å². The molecule has 0 aromatic heterocycles. The molecule has 0 radical (unpaired) electrons. The van der Waals surface area contributed by atoms with Gasteiger partial charge in [-0.15, -0.1) is 5.92 Å². The van der Waals surface area contributed by atoms with E-state index >= 15 is 0 Å². The average molecular weight is 310 g/mol. The molecular weight excluding hydrogens is 284 g/mol. The Morgan fingerprint density at radius 1 is 1.13 bits per heavy atom. The largest absolute Gasteiger partial charge is 0.381 e. The van der Waals surface area contributed by atoms with Crippen molar-refractivity contribution in [1.82, 2.24) is 0 Å². The molecule has 1 unspecified atom stereocenters. The Morgan fingerprint density at radius 3 is 2.35 bits per heavy atom. The molecule has 1 atom stereocenters. The summed E-state index contributed by atoms with van der Waals surface area (Å²) in [6, 6.07) is 4.26. The van der Waals surface area contributed by atoms with Crippen LogP contribution in [0.25, 0.3) is 0 Å². The highest BCUT2D eigenvalue weighted by Gasteiger charge is 2.42. The highest BCUT2D eigenvalue weighted by molar-refractivity contribution is 5.88. The SMILES string of the molecule is CC#Cc1cc(C)c(C2CCC3(CCOCC3)CC2=O)c(C)c1. The summed E-state index contributed by atoms with van der Waals surface area (Å²) in [5, 5.41) is 0. The van der Waals surface area contributed by atoms with Crippen molar-refractivity contribution in [2.75, 3.05) is 13.2 Å². The first-order chi connectivity index (χ1) is 11.0. The Labute approximate surface area is 139 Å².